The molecule has 1 aliphatic carbocycles. The normalized spacial score (nSPS) is 18.5. The highest BCUT2D eigenvalue weighted by Crippen LogP contribution is 2.39. The summed E-state index contributed by atoms with van der Waals surface area (Å²) >= 11 is 0. The zero-order chi connectivity index (χ0) is 17.3. The van der Waals surface area contributed by atoms with E-state index in [4.69, 9.17) is 4.42 Å². The Morgan fingerprint density at radius 3 is 2.36 bits per heavy atom. The summed E-state index contributed by atoms with van der Waals surface area (Å²) in [4.78, 5) is 3.95. The number of nitrogens with zero attached hydrogens (tertiary/aromatic N) is 1. The molecule has 1 heterocycles. The van der Waals surface area contributed by atoms with Crippen LogP contribution < -0.4 is 0 Å². The lowest BCUT2D eigenvalue weighted by molar-refractivity contribution is 0.0220. The topological polar surface area (TPSA) is 26.0 Å². The Hall–Kier alpha value is -2.49. The van der Waals surface area contributed by atoms with Crippen LogP contribution in [0.4, 0.5) is 8.78 Å². The largest absolute Gasteiger partial charge is 0.435 e. The van der Waals surface area contributed by atoms with Gasteiger partial charge in [-0.15, -0.1) is 0 Å². The van der Waals surface area contributed by atoms with Crippen LogP contribution in [0.5, 0.6) is 0 Å². The second-order valence-corrected chi connectivity index (χ2v) is 6.60. The van der Waals surface area contributed by atoms with Crippen molar-refractivity contribution in [2.45, 2.75) is 37.5 Å². The molecule has 1 fully saturated rings. The van der Waals surface area contributed by atoms with Crippen LogP contribution in [0.15, 0.2) is 70.7 Å². The van der Waals surface area contributed by atoms with Crippen molar-refractivity contribution in [2.75, 3.05) is 0 Å². The lowest BCUT2D eigenvalue weighted by Crippen LogP contribution is -2.14. The Labute approximate surface area is 145 Å². The number of fused-ring (bicyclic) bond motifs is 1. The third-order valence-electron chi connectivity index (χ3n) is 4.86. The summed E-state index contributed by atoms with van der Waals surface area (Å²) < 4.78 is 34.4. The van der Waals surface area contributed by atoms with Crippen LogP contribution >= 0.6 is 0 Å². The van der Waals surface area contributed by atoms with Crippen molar-refractivity contribution < 1.29 is 13.2 Å². The first-order chi connectivity index (χ1) is 12.1. The Bertz CT molecular complexity index is 855. The van der Waals surface area contributed by atoms with E-state index >= 15 is 0 Å². The van der Waals surface area contributed by atoms with Crippen LogP contribution in [0.2, 0.25) is 0 Å². The first-order valence-corrected chi connectivity index (χ1v) is 8.61. The van der Waals surface area contributed by atoms with Crippen LogP contribution in [0.3, 0.4) is 0 Å². The number of benzene rings is 2. The summed E-state index contributed by atoms with van der Waals surface area (Å²) in [5, 5.41) is 0. The number of hydrogen-bond acceptors (Lipinski definition) is 2. The number of para-hydroxylation sites is 2. The van der Waals surface area contributed by atoms with E-state index in [9.17, 15) is 8.78 Å². The standard InChI is InChI=1S/C21H19F2NO/c22-21(23,20-24-18-8-4-5-9-19(18)25-20)14-15-10-12-17(13-11-15)16-6-2-1-3-7-16/h1-9,14,17H,10-13H2. The summed E-state index contributed by atoms with van der Waals surface area (Å²) in [5.41, 5.74) is 2.94. The number of alkyl halides is 2. The highest BCUT2D eigenvalue weighted by Gasteiger charge is 2.36. The van der Waals surface area contributed by atoms with Gasteiger partial charge in [0, 0.05) is 0 Å². The molecule has 0 atom stereocenters. The van der Waals surface area contributed by atoms with E-state index in [1.54, 1.807) is 24.3 Å². The molecule has 2 nitrogen and oxygen atoms in total. The molecule has 4 heteroatoms. The highest BCUT2D eigenvalue weighted by molar-refractivity contribution is 5.72. The van der Waals surface area contributed by atoms with Crippen molar-refractivity contribution in [2.24, 2.45) is 0 Å². The molecule has 0 spiro atoms. The predicted octanol–water partition coefficient (Wildman–Crippen LogP) is 6.20. The molecule has 0 unspecified atom stereocenters. The molecular formula is C21H19F2NO. The third kappa shape index (κ3) is 3.34. The minimum atomic E-state index is -3.17. The molecule has 4 rings (SSSR count). The molecule has 1 saturated carbocycles. The Balaban J connectivity index is 1.50. The van der Waals surface area contributed by atoms with Crippen LogP contribution in [-0.2, 0) is 5.92 Å². The lowest BCUT2D eigenvalue weighted by atomic mass is 9.81. The Kier molecular flexibility index (Phi) is 4.12. The first-order valence-electron chi connectivity index (χ1n) is 8.61. The van der Waals surface area contributed by atoms with E-state index in [2.05, 4.69) is 17.1 Å². The summed E-state index contributed by atoms with van der Waals surface area (Å²) in [5.74, 6) is -3.24. The molecule has 0 amide bonds. The van der Waals surface area contributed by atoms with E-state index in [0.717, 1.165) is 24.5 Å². The number of aromatic nitrogens is 1. The number of allylic oxidation sites excluding steroid dienone is 2. The molecule has 0 N–H and O–H groups in total. The van der Waals surface area contributed by atoms with Crippen LogP contribution in [0, 0.1) is 0 Å². The quantitative estimate of drug-likeness (QED) is 0.531. The van der Waals surface area contributed by atoms with Crippen LogP contribution in [-0.4, -0.2) is 4.98 Å². The third-order valence-corrected chi connectivity index (χ3v) is 4.86. The number of rotatable bonds is 3. The van der Waals surface area contributed by atoms with E-state index in [1.807, 2.05) is 18.2 Å². The van der Waals surface area contributed by atoms with Crippen LogP contribution in [0.25, 0.3) is 11.1 Å². The predicted molar refractivity (Wildman–Crippen MR) is 93.6 cm³/mol. The van der Waals surface area contributed by atoms with E-state index in [-0.39, 0.29) is 0 Å². The molecule has 1 aliphatic rings. The summed E-state index contributed by atoms with van der Waals surface area (Å²) in [7, 11) is 0. The molecule has 0 aliphatic heterocycles. The van der Waals surface area contributed by atoms with Crippen molar-refractivity contribution in [3.63, 3.8) is 0 Å². The zero-order valence-electron chi connectivity index (χ0n) is 13.8. The van der Waals surface area contributed by atoms with Gasteiger partial charge in [-0.25, -0.2) is 4.98 Å². The molecule has 128 valence electrons. The van der Waals surface area contributed by atoms with Gasteiger partial charge in [-0.05, 0) is 55.4 Å². The van der Waals surface area contributed by atoms with Gasteiger partial charge in [0.05, 0.1) is 0 Å². The molecule has 0 radical (unpaired) electrons. The SMILES string of the molecule is FC(F)(C=C1CCC(c2ccccc2)CC1)c1nc2ccccc2o1. The van der Waals surface area contributed by atoms with Gasteiger partial charge in [-0.3, -0.25) is 0 Å². The number of hydrogen-bond donors (Lipinski definition) is 0. The van der Waals surface area contributed by atoms with Crippen molar-refractivity contribution in [3.8, 4) is 0 Å². The van der Waals surface area contributed by atoms with Gasteiger partial charge < -0.3 is 4.42 Å². The summed E-state index contributed by atoms with van der Waals surface area (Å²) in [6.45, 7) is 0. The van der Waals surface area contributed by atoms with Gasteiger partial charge >= 0.3 is 5.92 Å². The maximum absolute atomic E-state index is 14.6. The Morgan fingerprint density at radius 1 is 0.960 bits per heavy atom. The smallest absolute Gasteiger partial charge is 0.341 e. The molecule has 0 bridgehead atoms. The molecular weight excluding hydrogens is 320 g/mol. The van der Waals surface area contributed by atoms with Crippen molar-refractivity contribution in [3.05, 3.63) is 77.7 Å². The maximum Gasteiger partial charge on any atom is 0.341 e. The highest BCUT2D eigenvalue weighted by atomic mass is 19.3. The second kappa shape index (κ2) is 6.43. The van der Waals surface area contributed by atoms with Gasteiger partial charge in [0.15, 0.2) is 5.58 Å². The molecule has 25 heavy (non-hydrogen) atoms. The van der Waals surface area contributed by atoms with Crippen LogP contribution in [0.1, 0.15) is 43.1 Å². The zero-order valence-corrected chi connectivity index (χ0v) is 13.8. The minimum Gasteiger partial charge on any atom is -0.435 e. The van der Waals surface area contributed by atoms with Gasteiger partial charge in [0.2, 0.25) is 0 Å². The molecule has 0 saturated heterocycles. The van der Waals surface area contributed by atoms with Gasteiger partial charge in [-0.2, -0.15) is 8.78 Å². The monoisotopic (exact) mass is 339 g/mol. The fourth-order valence-electron chi connectivity index (χ4n) is 3.52. The second-order valence-electron chi connectivity index (χ2n) is 6.60. The fourth-order valence-corrected chi connectivity index (χ4v) is 3.52. The molecule has 1 aromatic heterocycles. The fraction of sp³-hybridized carbons (Fsp3) is 0.286. The average molecular weight is 339 g/mol. The van der Waals surface area contributed by atoms with Gasteiger partial charge in [0.25, 0.3) is 5.89 Å². The van der Waals surface area contributed by atoms with Crippen molar-refractivity contribution >= 4 is 11.1 Å². The van der Waals surface area contributed by atoms with Gasteiger partial charge in [0.1, 0.15) is 5.52 Å². The number of oxazole rings is 1. The van der Waals surface area contributed by atoms with E-state index in [0.29, 0.717) is 29.9 Å². The van der Waals surface area contributed by atoms with Crippen molar-refractivity contribution in [1.82, 2.24) is 4.98 Å². The van der Waals surface area contributed by atoms with E-state index in [1.165, 1.54) is 5.56 Å². The van der Waals surface area contributed by atoms with Gasteiger partial charge in [-0.1, -0.05) is 48.0 Å². The molecule has 2 aromatic carbocycles. The summed E-state index contributed by atoms with van der Waals surface area (Å²) in [6, 6.07) is 17.1. The first kappa shape index (κ1) is 16.0. The summed E-state index contributed by atoms with van der Waals surface area (Å²) in [6.07, 6.45) is 4.24. The molecule has 3 aromatic rings. The lowest BCUT2D eigenvalue weighted by Gasteiger charge is -2.25. The maximum atomic E-state index is 14.6. The Morgan fingerprint density at radius 2 is 1.64 bits per heavy atom. The number of halogens is 2. The van der Waals surface area contributed by atoms with Crippen molar-refractivity contribution in [1.29, 1.82) is 0 Å². The minimum absolute atomic E-state index is 0.392. The average Bonchev–Trinajstić information content (AvgIpc) is 3.08. The van der Waals surface area contributed by atoms with E-state index < -0.39 is 11.8 Å².